The molecule has 0 spiro atoms. The Morgan fingerprint density at radius 3 is 1.51 bits per heavy atom. The fourth-order valence-electron chi connectivity index (χ4n) is 2.84. The molecule has 0 aromatic carbocycles. The second-order valence-corrected chi connectivity index (χ2v) is 7.91. The van der Waals surface area contributed by atoms with Gasteiger partial charge in [0.2, 0.25) is 0 Å². The van der Waals surface area contributed by atoms with E-state index in [1.54, 1.807) is 36.7 Å². The van der Waals surface area contributed by atoms with Crippen LogP contribution in [0.3, 0.4) is 0 Å². The molecule has 4 rings (SSSR count). The van der Waals surface area contributed by atoms with Crippen LogP contribution in [0.25, 0.3) is 0 Å². The highest BCUT2D eigenvalue weighted by Crippen LogP contribution is 1.99. The minimum absolute atomic E-state index is 0.0692. The summed E-state index contributed by atoms with van der Waals surface area (Å²) in [5, 5.41) is 10.8. The molecule has 0 unspecified atom stereocenters. The number of nitrogens with zero attached hydrogens (tertiary/aromatic N) is 4. The van der Waals surface area contributed by atoms with Crippen LogP contribution < -0.4 is 31.0 Å². The first-order valence-corrected chi connectivity index (χ1v) is 12.6. The molecule has 0 saturated heterocycles. The number of pyridine rings is 4. The van der Waals surface area contributed by atoms with Gasteiger partial charge in [-0.2, -0.15) is 0 Å². The first-order chi connectivity index (χ1) is 17.8. The number of rotatable bonds is 5. The number of anilines is 2. The average molecular weight is 506 g/mol. The van der Waals surface area contributed by atoms with Crippen LogP contribution in [-0.4, -0.2) is 16.2 Å². The fraction of sp³-hybridized carbons (Fsp3) is 0.310. The van der Waals surface area contributed by atoms with Crippen molar-refractivity contribution in [1.82, 2.24) is 9.13 Å². The Morgan fingerprint density at radius 2 is 1.14 bits per heavy atom. The average Bonchev–Trinajstić information content (AvgIpc) is 2.95. The number of aryl methyl sites for hydroxylation is 4. The normalized spacial score (nSPS) is 9.43. The zero-order chi connectivity index (χ0) is 27.5. The molecule has 4 aromatic rings. The Labute approximate surface area is 220 Å². The lowest BCUT2D eigenvalue weighted by Gasteiger charge is -1.97. The summed E-state index contributed by atoms with van der Waals surface area (Å²) in [5.74, 6) is 0. The minimum atomic E-state index is 0.0692. The van der Waals surface area contributed by atoms with Crippen LogP contribution in [0.5, 0.6) is 0 Å². The zero-order valence-electron chi connectivity index (χ0n) is 22.8. The standard InChI is InChI=1S/C8H12N2.2C7H10N2.C7H9NO/c1-3-10-6-4-8(9-2)5-7-10;2*1-2-9-5-3-7(8)4-6-9;1-2-8-5-3-7(9)4-6-8/h4-7H,3H2,1-2H3;2*3-6,8H,2H2,1H3;3-6H,2H2,1H3/p+2. The zero-order valence-corrected chi connectivity index (χ0v) is 22.8. The molecule has 198 valence electrons. The summed E-state index contributed by atoms with van der Waals surface area (Å²) < 4.78 is 8.16. The van der Waals surface area contributed by atoms with Gasteiger partial charge in [0.15, 0.2) is 30.2 Å². The molecule has 0 aliphatic carbocycles. The summed E-state index contributed by atoms with van der Waals surface area (Å²) in [4.78, 5) is 10.5. The third kappa shape index (κ3) is 13.5. The lowest BCUT2D eigenvalue weighted by atomic mass is 10.4. The Morgan fingerprint density at radius 1 is 0.730 bits per heavy atom. The van der Waals surface area contributed by atoms with Gasteiger partial charge in [-0.1, -0.05) is 0 Å². The fourth-order valence-corrected chi connectivity index (χ4v) is 2.84. The van der Waals surface area contributed by atoms with Gasteiger partial charge in [-0.3, -0.25) is 4.79 Å². The van der Waals surface area contributed by atoms with Crippen molar-refractivity contribution in [3.05, 3.63) is 114 Å². The largest absolute Gasteiger partial charge is 0.398 e. The van der Waals surface area contributed by atoms with Crippen molar-refractivity contribution in [2.45, 2.75) is 53.9 Å². The van der Waals surface area contributed by atoms with Crippen molar-refractivity contribution in [3.8, 4) is 0 Å². The van der Waals surface area contributed by atoms with E-state index in [1.165, 1.54) is 0 Å². The van der Waals surface area contributed by atoms with Gasteiger partial charge in [-0.05, 0) is 39.8 Å². The lowest BCUT2D eigenvalue weighted by Crippen LogP contribution is -2.30. The molecule has 37 heavy (non-hydrogen) atoms. The molecule has 4 heterocycles. The molecule has 0 aliphatic rings. The quantitative estimate of drug-likeness (QED) is 0.362. The third-order valence-corrected chi connectivity index (χ3v) is 5.31. The van der Waals surface area contributed by atoms with Gasteiger partial charge in [0.25, 0.3) is 0 Å². The van der Waals surface area contributed by atoms with E-state index < -0.39 is 0 Å². The molecule has 8 nitrogen and oxygen atoms in total. The smallest absolute Gasteiger partial charge is 0.181 e. The van der Waals surface area contributed by atoms with Gasteiger partial charge in [-0.15, -0.1) is 0 Å². The molecule has 0 amide bonds. The number of nitrogens with two attached hydrogens (primary N) is 1. The second kappa shape index (κ2) is 18.1. The van der Waals surface area contributed by atoms with Gasteiger partial charge in [0.1, 0.15) is 13.1 Å². The maximum Gasteiger partial charge on any atom is 0.181 e. The van der Waals surface area contributed by atoms with Gasteiger partial charge in [0.05, 0.1) is 5.36 Å². The Kier molecular flexibility index (Phi) is 15.1. The minimum Gasteiger partial charge on any atom is -0.398 e. The first kappa shape index (κ1) is 30.8. The van der Waals surface area contributed by atoms with Crippen molar-refractivity contribution >= 4 is 11.4 Å². The van der Waals surface area contributed by atoms with E-state index in [2.05, 4.69) is 59.7 Å². The highest BCUT2D eigenvalue weighted by atomic mass is 16.1. The maximum atomic E-state index is 10.5. The van der Waals surface area contributed by atoms with Gasteiger partial charge in [0, 0.05) is 92.7 Å². The number of hydrogen-bond donors (Lipinski definition) is 3. The highest BCUT2D eigenvalue weighted by molar-refractivity contribution is 5.38. The van der Waals surface area contributed by atoms with Gasteiger partial charge in [-0.25, -0.2) is 9.13 Å². The van der Waals surface area contributed by atoms with Crippen molar-refractivity contribution in [2.24, 2.45) is 0 Å². The SMILES string of the molecule is CC[n+]1ccc(N)cc1.CC[n+]1ccc(NC)cc1.CCn1ccc(=N)cc1.CCn1ccc(=O)cc1. The molecular formula is C29H43N7O+2. The van der Waals surface area contributed by atoms with E-state index >= 15 is 0 Å². The summed E-state index contributed by atoms with van der Waals surface area (Å²) in [6.45, 7) is 12.2. The van der Waals surface area contributed by atoms with E-state index in [-0.39, 0.29) is 5.43 Å². The van der Waals surface area contributed by atoms with Crippen LogP contribution in [0.1, 0.15) is 27.7 Å². The summed E-state index contributed by atoms with van der Waals surface area (Å²) >= 11 is 0. The molecule has 0 fully saturated rings. The predicted molar refractivity (Wildman–Crippen MR) is 151 cm³/mol. The van der Waals surface area contributed by atoms with E-state index in [0.29, 0.717) is 5.36 Å². The van der Waals surface area contributed by atoms with Crippen LogP contribution in [-0.2, 0) is 26.2 Å². The number of aromatic nitrogens is 4. The Hall–Kier alpha value is -4.20. The summed E-state index contributed by atoms with van der Waals surface area (Å²) in [6, 6.07) is 14.6. The molecule has 0 atom stereocenters. The van der Waals surface area contributed by atoms with E-state index in [1.807, 2.05) is 60.0 Å². The topological polar surface area (TPSA) is 96.6 Å². The van der Waals surface area contributed by atoms with Crippen molar-refractivity contribution in [1.29, 1.82) is 5.41 Å². The van der Waals surface area contributed by atoms with Crippen molar-refractivity contribution < 1.29 is 9.13 Å². The molecule has 8 heteroatoms. The first-order valence-electron chi connectivity index (χ1n) is 12.6. The molecular weight excluding hydrogens is 462 g/mol. The Balaban J connectivity index is 0.000000247. The van der Waals surface area contributed by atoms with Crippen molar-refractivity contribution in [2.75, 3.05) is 18.1 Å². The predicted octanol–water partition coefficient (Wildman–Crippen LogP) is 3.47. The van der Waals surface area contributed by atoms with Gasteiger partial charge < -0.3 is 25.6 Å². The van der Waals surface area contributed by atoms with E-state index in [9.17, 15) is 4.79 Å². The monoisotopic (exact) mass is 505 g/mol. The summed E-state index contributed by atoms with van der Waals surface area (Å²) in [5.41, 5.74) is 7.51. The van der Waals surface area contributed by atoms with Crippen LogP contribution in [0.15, 0.2) is 103 Å². The van der Waals surface area contributed by atoms with Crippen molar-refractivity contribution in [3.63, 3.8) is 0 Å². The van der Waals surface area contributed by atoms with E-state index in [0.717, 1.165) is 37.6 Å². The van der Waals surface area contributed by atoms with Crippen LogP contribution in [0.2, 0.25) is 0 Å². The summed E-state index contributed by atoms with van der Waals surface area (Å²) in [6.07, 6.45) is 15.4. The van der Waals surface area contributed by atoms with Crippen LogP contribution in [0.4, 0.5) is 11.4 Å². The lowest BCUT2D eigenvalue weighted by molar-refractivity contribution is -0.693. The molecule has 0 bridgehead atoms. The molecule has 0 radical (unpaired) electrons. The third-order valence-electron chi connectivity index (χ3n) is 5.31. The number of nitrogens with one attached hydrogen (secondary N) is 2. The second-order valence-electron chi connectivity index (χ2n) is 7.91. The number of nitrogen functional groups attached to an aromatic ring is 1. The van der Waals surface area contributed by atoms with Crippen LogP contribution >= 0.6 is 0 Å². The van der Waals surface area contributed by atoms with E-state index in [4.69, 9.17) is 11.1 Å². The van der Waals surface area contributed by atoms with Gasteiger partial charge >= 0.3 is 0 Å². The number of hydrogen-bond acceptors (Lipinski definition) is 4. The van der Waals surface area contributed by atoms with Crippen LogP contribution in [0, 0.1) is 5.41 Å². The molecule has 0 saturated carbocycles. The summed E-state index contributed by atoms with van der Waals surface area (Å²) in [7, 11) is 1.92. The molecule has 4 aromatic heterocycles. The molecule has 0 aliphatic heterocycles. The Bertz CT molecular complexity index is 1130. The highest BCUT2D eigenvalue weighted by Gasteiger charge is 1.93. The maximum absolute atomic E-state index is 10.5. The molecule has 4 N–H and O–H groups in total.